The third-order valence-corrected chi connectivity index (χ3v) is 4.32. The van der Waals surface area contributed by atoms with Gasteiger partial charge >= 0.3 is 0 Å². The van der Waals surface area contributed by atoms with Gasteiger partial charge in [0.2, 0.25) is 0 Å². The lowest BCUT2D eigenvalue weighted by Crippen LogP contribution is -2.21. The Morgan fingerprint density at radius 1 is 0.962 bits per heavy atom. The summed E-state index contributed by atoms with van der Waals surface area (Å²) >= 11 is 5.96. The summed E-state index contributed by atoms with van der Waals surface area (Å²) in [4.78, 5) is 2.35. The molecule has 0 aliphatic heterocycles. The summed E-state index contributed by atoms with van der Waals surface area (Å²) in [5.74, 6) is 0. The number of anilines is 2. The van der Waals surface area contributed by atoms with Crippen LogP contribution >= 0.6 is 11.6 Å². The standard InChI is InChI=1S/C22H22ClN3/c1-2-26(17-19-7-4-3-5-8-19)22-13-11-18(12-14-22)16-24-25-21-10-6-9-20(23)15-21/h3-16,25H,2,17H2,1H3. The van der Waals surface area contributed by atoms with Crippen molar-refractivity contribution in [2.45, 2.75) is 13.5 Å². The zero-order chi connectivity index (χ0) is 18.2. The van der Waals surface area contributed by atoms with E-state index < -0.39 is 0 Å². The van der Waals surface area contributed by atoms with Crippen molar-refractivity contribution in [1.82, 2.24) is 0 Å². The van der Waals surface area contributed by atoms with Gasteiger partial charge in [-0.05, 0) is 48.4 Å². The fourth-order valence-corrected chi connectivity index (χ4v) is 2.89. The summed E-state index contributed by atoms with van der Waals surface area (Å²) in [5.41, 5.74) is 7.41. The molecule has 0 aromatic heterocycles. The second kappa shape index (κ2) is 9.07. The van der Waals surface area contributed by atoms with E-state index in [1.165, 1.54) is 11.3 Å². The van der Waals surface area contributed by atoms with E-state index in [9.17, 15) is 0 Å². The fourth-order valence-electron chi connectivity index (χ4n) is 2.70. The van der Waals surface area contributed by atoms with E-state index in [2.05, 4.69) is 70.9 Å². The Bertz CT molecular complexity index is 845. The Hall–Kier alpha value is -2.78. The summed E-state index contributed by atoms with van der Waals surface area (Å²) in [6.45, 7) is 4.03. The largest absolute Gasteiger partial charge is 0.367 e. The van der Waals surface area contributed by atoms with Gasteiger partial charge in [-0.2, -0.15) is 5.10 Å². The van der Waals surface area contributed by atoms with Crippen molar-refractivity contribution in [3.63, 3.8) is 0 Å². The minimum atomic E-state index is 0.688. The van der Waals surface area contributed by atoms with Gasteiger partial charge < -0.3 is 4.90 Å². The van der Waals surface area contributed by atoms with Gasteiger partial charge in [-0.15, -0.1) is 0 Å². The highest BCUT2D eigenvalue weighted by molar-refractivity contribution is 6.30. The Morgan fingerprint density at radius 2 is 1.73 bits per heavy atom. The van der Waals surface area contributed by atoms with E-state index in [1.54, 1.807) is 6.21 Å². The lowest BCUT2D eigenvalue weighted by atomic mass is 10.1. The van der Waals surface area contributed by atoms with Crippen LogP contribution in [0.15, 0.2) is 84.0 Å². The molecule has 1 N–H and O–H groups in total. The van der Waals surface area contributed by atoms with Crippen LogP contribution < -0.4 is 10.3 Å². The summed E-state index contributed by atoms with van der Waals surface area (Å²) in [6, 6.07) is 26.4. The molecule has 0 aliphatic rings. The fraction of sp³-hybridized carbons (Fsp3) is 0.136. The average molecular weight is 364 g/mol. The molecule has 3 rings (SSSR count). The Kier molecular flexibility index (Phi) is 6.29. The van der Waals surface area contributed by atoms with Gasteiger partial charge in [0, 0.05) is 23.8 Å². The maximum absolute atomic E-state index is 5.96. The number of halogens is 1. The predicted octanol–water partition coefficient (Wildman–Crippen LogP) is 5.81. The topological polar surface area (TPSA) is 27.6 Å². The molecule has 4 heteroatoms. The molecule has 0 atom stereocenters. The number of nitrogens with zero attached hydrogens (tertiary/aromatic N) is 2. The van der Waals surface area contributed by atoms with Crippen LogP contribution in [0.4, 0.5) is 11.4 Å². The molecular formula is C22H22ClN3. The summed E-state index contributed by atoms with van der Waals surface area (Å²) in [5, 5.41) is 4.96. The second-order valence-electron chi connectivity index (χ2n) is 5.97. The number of benzene rings is 3. The van der Waals surface area contributed by atoms with Gasteiger partial charge in [0.15, 0.2) is 0 Å². The van der Waals surface area contributed by atoms with Gasteiger partial charge in [-0.25, -0.2) is 0 Å². The van der Waals surface area contributed by atoms with Gasteiger partial charge in [-0.3, -0.25) is 5.43 Å². The van der Waals surface area contributed by atoms with Crippen LogP contribution in [0.25, 0.3) is 0 Å². The average Bonchev–Trinajstić information content (AvgIpc) is 2.68. The molecule has 0 bridgehead atoms. The summed E-state index contributed by atoms with van der Waals surface area (Å²) < 4.78 is 0. The molecule has 0 amide bonds. The van der Waals surface area contributed by atoms with Crippen molar-refractivity contribution >= 4 is 29.2 Å². The number of hydrogen-bond donors (Lipinski definition) is 1. The quantitative estimate of drug-likeness (QED) is 0.423. The third kappa shape index (κ3) is 5.11. The third-order valence-electron chi connectivity index (χ3n) is 4.09. The first-order chi connectivity index (χ1) is 12.7. The smallest absolute Gasteiger partial charge is 0.0576 e. The van der Waals surface area contributed by atoms with E-state index in [-0.39, 0.29) is 0 Å². The maximum Gasteiger partial charge on any atom is 0.0576 e. The Morgan fingerprint density at radius 3 is 2.42 bits per heavy atom. The first kappa shape index (κ1) is 18.0. The molecule has 3 aromatic rings. The van der Waals surface area contributed by atoms with Crippen LogP contribution in [0.3, 0.4) is 0 Å². The highest BCUT2D eigenvalue weighted by Gasteiger charge is 2.05. The second-order valence-corrected chi connectivity index (χ2v) is 6.41. The van der Waals surface area contributed by atoms with Crippen molar-refractivity contribution in [3.05, 3.63) is 95.0 Å². The summed E-state index contributed by atoms with van der Waals surface area (Å²) in [6.07, 6.45) is 1.80. The Labute approximate surface area is 159 Å². The summed E-state index contributed by atoms with van der Waals surface area (Å²) in [7, 11) is 0. The molecule has 26 heavy (non-hydrogen) atoms. The molecule has 0 saturated carbocycles. The van der Waals surface area contributed by atoms with E-state index in [0.717, 1.165) is 24.3 Å². The van der Waals surface area contributed by atoms with Gasteiger partial charge in [-0.1, -0.05) is 60.1 Å². The SMILES string of the molecule is CCN(Cc1ccccc1)c1ccc(C=NNc2cccc(Cl)c2)cc1. The normalized spacial score (nSPS) is 10.8. The molecule has 0 fully saturated rings. The van der Waals surface area contributed by atoms with Crippen molar-refractivity contribution in [1.29, 1.82) is 0 Å². The maximum atomic E-state index is 5.96. The van der Waals surface area contributed by atoms with Crippen LogP contribution in [-0.2, 0) is 6.54 Å². The first-order valence-electron chi connectivity index (χ1n) is 8.68. The molecule has 132 valence electrons. The number of nitrogens with one attached hydrogen (secondary N) is 1. The zero-order valence-corrected chi connectivity index (χ0v) is 15.5. The van der Waals surface area contributed by atoms with Gasteiger partial charge in [0.1, 0.15) is 0 Å². The van der Waals surface area contributed by atoms with Crippen molar-refractivity contribution in [3.8, 4) is 0 Å². The molecule has 0 radical (unpaired) electrons. The van der Waals surface area contributed by atoms with Crippen molar-refractivity contribution in [2.75, 3.05) is 16.9 Å². The molecule has 0 aliphatic carbocycles. The molecule has 0 spiro atoms. The molecule has 3 aromatic carbocycles. The zero-order valence-electron chi connectivity index (χ0n) is 14.8. The molecular weight excluding hydrogens is 342 g/mol. The number of rotatable bonds is 7. The van der Waals surface area contributed by atoms with Crippen LogP contribution in [0.5, 0.6) is 0 Å². The van der Waals surface area contributed by atoms with Crippen molar-refractivity contribution < 1.29 is 0 Å². The monoisotopic (exact) mass is 363 g/mol. The van der Waals surface area contributed by atoms with Crippen LogP contribution in [0.1, 0.15) is 18.1 Å². The molecule has 3 nitrogen and oxygen atoms in total. The molecule has 0 saturated heterocycles. The minimum Gasteiger partial charge on any atom is -0.367 e. The number of hydrazone groups is 1. The van der Waals surface area contributed by atoms with Crippen molar-refractivity contribution in [2.24, 2.45) is 5.10 Å². The lowest BCUT2D eigenvalue weighted by molar-refractivity contribution is 0.832. The van der Waals surface area contributed by atoms with E-state index >= 15 is 0 Å². The van der Waals surface area contributed by atoms with E-state index in [1.807, 2.05) is 30.3 Å². The highest BCUT2D eigenvalue weighted by atomic mass is 35.5. The molecule has 0 unspecified atom stereocenters. The highest BCUT2D eigenvalue weighted by Crippen LogP contribution is 2.18. The van der Waals surface area contributed by atoms with Gasteiger partial charge in [0.25, 0.3) is 0 Å². The van der Waals surface area contributed by atoms with E-state index in [0.29, 0.717) is 5.02 Å². The van der Waals surface area contributed by atoms with Crippen LogP contribution in [-0.4, -0.2) is 12.8 Å². The predicted molar refractivity (Wildman–Crippen MR) is 112 cm³/mol. The number of hydrogen-bond acceptors (Lipinski definition) is 3. The van der Waals surface area contributed by atoms with E-state index in [4.69, 9.17) is 11.6 Å². The minimum absolute atomic E-state index is 0.688. The molecule has 0 heterocycles. The van der Waals surface area contributed by atoms with Crippen LogP contribution in [0.2, 0.25) is 5.02 Å². The van der Waals surface area contributed by atoms with Gasteiger partial charge in [0.05, 0.1) is 11.9 Å². The van der Waals surface area contributed by atoms with Crippen LogP contribution in [0, 0.1) is 0 Å². The Balaban J connectivity index is 1.62. The lowest BCUT2D eigenvalue weighted by Gasteiger charge is -2.23. The first-order valence-corrected chi connectivity index (χ1v) is 9.06.